The van der Waals surface area contributed by atoms with E-state index in [4.69, 9.17) is 16.3 Å². The molecule has 166 valence electrons. The molecule has 1 atom stereocenters. The molecule has 1 aliphatic heterocycles. The van der Waals surface area contributed by atoms with Crippen molar-refractivity contribution in [1.82, 2.24) is 5.32 Å². The van der Waals surface area contributed by atoms with Crippen molar-refractivity contribution in [2.24, 2.45) is 0 Å². The van der Waals surface area contributed by atoms with E-state index in [-0.39, 0.29) is 12.5 Å². The normalized spacial score (nSPS) is 17.5. The molecule has 0 saturated carbocycles. The molecule has 0 saturated heterocycles. The number of rotatable bonds is 6. The summed E-state index contributed by atoms with van der Waals surface area (Å²) in [4.78, 5) is 25.0. The van der Waals surface area contributed by atoms with Crippen LogP contribution in [0.15, 0.2) is 89.3 Å². The van der Waals surface area contributed by atoms with Gasteiger partial charge in [-0.1, -0.05) is 84.4 Å². The van der Waals surface area contributed by atoms with Crippen molar-refractivity contribution in [3.63, 3.8) is 0 Å². The molecular formula is C27H22ClNO3S. The Labute approximate surface area is 200 Å². The van der Waals surface area contributed by atoms with Crippen LogP contribution in [0.4, 0.5) is 4.79 Å². The van der Waals surface area contributed by atoms with E-state index >= 15 is 0 Å². The molecule has 1 N–H and O–H groups in total. The van der Waals surface area contributed by atoms with Gasteiger partial charge in [-0.25, -0.2) is 4.79 Å². The molecule has 0 bridgehead atoms. The fourth-order valence-electron chi connectivity index (χ4n) is 4.48. The maximum absolute atomic E-state index is 12.6. The molecule has 4 nitrogen and oxygen atoms in total. The van der Waals surface area contributed by atoms with E-state index in [2.05, 4.69) is 29.6 Å². The van der Waals surface area contributed by atoms with Gasteiger partial charge < -0.3 is 10.1 Å². The molecule has 2 aliphatic rings. The summed E-state index contributed by atoms with van der Waals surface area (Å²) in [6.07, 6.45) is 2.21. The minimum absolute atomic E-state index is 0.0182. The standard InChI is InChI=1S/C27H22ClNO3S/c28-25-13-14-33(26(25)19-8-2-1-7-18(19)15-30)17-29-27(31)32-16-24-22-11-5-3-9-20(22)21-10-4-6-12-23(21)24/h1-15,24,33H,16-17H2,(H,29,31). The second kappa shape index (κ2) is 9.30. The molecule has 3 aromatic carbocycles. The maximum Gasteiger partial charge on any atom is 0.407 e. The average molecular weight is 476 g/mol. The van der Waals surface area contributed by atoms with E-state index in [1.54, 1.807) is 6.07 Å². The Bertz CT molecular complexity index is 1250. The first-order valence-corrected chi connectivity index (χ1v) is 12.6. The van der Waals surface area contributed by atoms with Crippen LogP contribution in [-0.4, -0.2) is 24.9 Å². The second-order valence-corrected chi connectivity index (χ2v) is 10.3. The Kier molecular flexibility index (Phi) is 6.07. The summed E-state index contributed by atoms with van der Waals surface area (Å²) in [5.74, 6) is 0.408. The molecule has 1 amide bonds. The number of hydrogen-bond donors (Lipinski definition) is 2. The summed E-state index contributed by atoms with van der Waals surface area (Å²) in [7, 11) is -0.888. The number of aldehydes is 1. The summed E-state index contributed by atoms with van der Waals surface area (Å²) in [5.41, 5.74) is 6.14. The minimum Gasteiger partial charge on any atom is -0.449 e. The molecule has 5 rings (SSSR count). The predicted octanol–water partition coefficient (Wildman–Crippen LogP) is 6.43. The quantitative estimate of drug-likeness (QED) is 0.319. The molecule has 0 fully saturated rings. The van der Waals surface area contributed by atoms with Gasteiger partial charge in [-0.3, -0.25) is 4.79 Å². The van der Waals surface area contributed by atoms with Crippen molar-refractivity contribution in [1.29, 1.82) is 0 Å². The second-order valence-electron chi connectivity index (χ2n) is 7.85. The molecule has 1 heterocycles. The van der Waals surface area contributed by atoms with Crippen LogP contribution in [0.25, 0.3) is 16.0 Å². The number of allylic oxidation sites excluding steroid dienone is 2. The lowest BCUT2D eigenvalue weighted by Gasteiger charge is -2.21. The zero-order valence-corrected chi connectivity index (χ0v) is 19.4. The highest BCUT2D eigenvalue weighted by Crippen LogP contribution is 2.51. The van der Waals surface area contributed by atoms with Crippen LogP contribution in [-0.2, 0) is 4.74 Å². The van der Waals surface area contributed by atoms with Crippen LogP contribution in [0, 0.1) is 0 Å². The fraction of sp³-hybridized carbons (Fsp3) is 0.111. The Morgan fingerprint density at radius 3 is 2.21 bits per heavy atom. The Hall–Kier alpha value is -3.28. The van der Waals surface area contributed by atoms with Crippen molar-refractivity contribution in [3.8, 4) is 11.1 Å². The van der Waals surface area contributed by atoms with E-state index < -0.39 is 17.0 Å². The van der Waals surface area contributed by atoms with Crippen molar-refractivity contribution in [2.75, 3.05) is 12.5 Å². The summed E-state index contributed by atoms with van der Waals surface area (Å²) < 4.78 is 5.64. The van der Waals surface area contributed by atoms with Crippen LogP contribution in [0.2, 0.25) is 0 Å². The SMILES string of the molecule is O=Cc1ccccc1C1=C(Cl)C=C[SH]1CNC(=O)OCC1c2ccccc2-c2ccccc21. The summed E-state index contributed by atoms with van der Waals surface area (Å²) in [5, 5.41) is 5.49. The number of thiol groups is 1. The Morgan fingerprint density at radius 1 is 0.939 bits per heavy atom. The van der Waals surface area contributed by atoms with Gasteiger partial charge in [0.1, 0.15) is 6.61 Å². The summed E-state index contributed by atoms with van der Waals surface area (Å²) in [6, 6.07) is 23.9. The van der Waals surface area contributed by atoms with Gasteiger partial charge >= 0.3 is 6.09 Å². The third-order valence-corrected chi connectivity index (χ3v) is 8.51. The number of carbonyl (C=O) groups excluding carboxylic acids is 2. The maximum atomic E-state index is 12.6. The summed E-state index contributed by atoms with van der Waals surface area (Å²) >= 11 is 6.44. The van der Waals surface area contributed by atoms with Crippen molar-refractivity contribution in [2.45, 2.75) is 5.92 Å². The first-order valence-electron chi connectivity index (χ1n) is 10.7. The molecule has 0 aromatic heterocycles. The van der Waals surface area contributed by atoms with Crippen LogP contribution in [0.3, 0.4) is 0 Å². The largest absolute Gasteiger partial charge is 0.449 e. The number of alkyl carbamates (subject to hydrolysis) is 1. The van der Waals surface area contributed by atoms with E-state index in [0.29, 0.717) is 16.5 Å². The summed E-state index contributed by atoms with van der Waals surface area (Å²) in [6.45, 7) is 0.269. The van der Waals surface area contributed by atoms with E-state index in [0.717, 1.165) is 16.8 Å². The van der Waals surface area contributed by atoms with Gasteiger partial charge in [0.15, 0.2) is 6.29 Å². The van der Waals surface area contributed by atoms with Crippen molar-refractivity contribution < 1.29 is 14.3 Å². The highest BCUT2D eigenvalue weighted by molar-refractivity contribution is 8.27. The first-order chi connectivity index (χ1) is 16.2. The van der Waals surface area contributed by atoms with E-state index in [1.165, 1.54) is 22.3 Å². The monoisotopic (exact) mass is 475 g/mol. The number of carbonyl (C=O) groups is 2. The smallest absolute Gasteiger partial charge is 0.407 e. The van der Waals surface area contributed by atoms with Gasteiger partial charge in [-0.05, 0) is 39.3 Å². The van der Waals surface area contributed by atoms with Crippen LogP contribution in [0.5, 0.6) is 0 Å². The highest BCUT2D eigenvalue weighted by Gasteiger charge is 2.29. The van der Waals surface area contributed by atoms with Gasteiger partial charge in [0, 0.05) is 16.4 Å². The van der Waals surface area contributed by atoms with Gasteiger partial charge in [-0.2, -0.15) is 10.9 Å². The Balaban J connectivity index is 1.25. The van der Waals surface area contributed by atoms with Crippen LogP contribution >= 0.6 is 22.5 Å². The van der Waals surface area contributed by atoms with Gasteiger partial charge in [0.25, 0.3) is 0 Å². The zero-order valence-electron chi connectivity index (χ0n) is 17.7. The average Bonchev–Trinajstić information content (AvgIpc) is 3.38. The lowest BCUT2D eigenvalue weighted by Crippen LogP contribution is -2.26. The highest BCUT2D eigenvalue weighted by atomic mass is 35.5. The number of amides is 1. The lowest BCUT2D eigenvalue weighted by molar-refractivity contribution is 0.112. The molecule has 33 heavy (non-hydrogen) atoms. The predicted molar refractivity (Wildman–Crippen MR) is 136 cm³/mol. The van der Waals surface area contributed by atoms with Gasteiger partial charge in [0.05, 0.1) is 10.9 Å². The van der Waals surface area contributed by atoms with Gasteiger partial charge in [-0.15, -0.1) is 0 Å². The molecule has 6 heteroatoms. The van der Waals surface area contributed by atoms with Crippen LogP contribution < -0.4 is 5.32 Å². The van der Waals surface area contributed by atoms with Gasteiger partial charge in [0.2, 0.25) is 0 Å². The molecule has 0 spiro atoms. The molecule has 1 unspecified atom stereocenters. The molecular weight excluding hydrogens is 454 g/mol. The van der Waals surface area contributed by atoms with Crippen molar-refractivity contribution >= 4 is 39.8 Å². The Morgan fingerprint density at radius 2 is 1.55 bits per heavy atom. The minimum atomic E-state index is -0.888. The van der Waals surface area contributed by atoms with Crippen LogP contribution in [0.1, 0.15) is 33.0 Å². The molecule has 0 radical (unpaired) electrons. The zero-order chi connectivity index (χ0) is 22.8. The number of halogens is 1. The number of ether oxygens (including phenoxy) is 1. The third kappa shape index (κ3) is 4.10. The third-order valence-electron chi connectivity index (χ3n) is 5.99. The van der Waals surface area contributed by atoms with E-state index in [9.17, 15) is 9.59 Å². The molecule has 3 aromatic rings. The fourth-order valence-corrected chi connectivity index (χ4v) is 6.96. The van der Waals surface area contributed by atoms with E-state index in [1.807, 2.05) is 53.9 Å². The molecule has 1 aliphatic carbocycles. The number of benzene rings is 3. The number of nitrogens with one attached hydrogen (secondary N) is 1. The topological polar surface area (TPSA) is 55.4 Å². The first kappa shape index (κ1) is 21.6. The number of fused-ring (bicyclic) bond motifs is 3. The van der Waals surface area contributed by atoms with Crippen molar-refractivity contribution in [3.05, 3.63) is 112 Å². The lowest BCUT2D eigenvalue weighted by atomic mass is 9.98. The number of hydrogen-bond acceptors (Lipinski definition) is 3.